The van der Waals surface area contributed by atoms with E-state index >= 15 is 0 Å². The molecule has 0 aromatic heterocycles. The fourth-order valence-corrected chi connectivity index (χ4v) is 3.34. The van der Waals surface area contributed by atoms with Gasteiger partial charge in [-0.25, -0.2) is 0 Å². The molecule has 0 saturated heterocycles. The van der Waals surface area contributed by atoms with E-state index in [-0.39, 0.29) is 6.61 Å². The van der Waals surface area contributed by atoms with Crippen LogP contribution in [0.15, 0.2) is 30.3 Å². The van der Waals surface area contributed by atoms with Gasteiger partial charge in [0.2, 0.25) is 0 Å². The molecule has 0 spiro atoms. The van der Waals surface area contributed by atoms with Crippen molar-refractivity contribution >= 4 is 0 Å². The van der Waals surface area contributed by atoms with Gasteiger partial charge in [0.05, 0.1) is 6.61 Å². The van der Waals surface area contributed by atoms with Crippen molar-refractivity contribution in [1.82, 2.24) is 0 Å². The summed E-state index contributed by atoms with van der Waals surface area (Å²) in [6, 6.07) is 10.2. The van der Waals surface area contributed by atoms with Gasteiger partial charge in [0.15, 0.2) is 0 Å². The molecule has 0 saturated carbocycles. The van der Waals surface area contributed by atoms with Crippen molar-refractivity contribution in [3.63, 3.8) is 0 Å². The standard InChI is InChI=1S/C21H26O3/c1-14-15(2)20-18(10-11-21(4,13-22)24-20)16(3)19(14)23-12-17-8-6-5-7-9-17/h5-9,22H,10-13H2,1-4H3. The van der Waals surface area contributed by atoms with Crippen LogP contribution >= 0.6 is 0 Å². The summed E-state index contributed by atoms with van der Waals surface area (Å²) >= 11 is 0. The molecule has 1 aliphatic rings. The minimum Gasteiger partial charge on any atom is -0.488 e. The Hall–Kier alpha value is -2.00. The first kappa shape index (κ1) is 16.8. The van der Waals surface area contributed by atoms with Crippen LogP contribution in [0.25, 0.3) is 0 Å². The lowest BCUT2D eigenvalue weighted by Crippen LogP contribution is -2.40. The number of benzene rings is 2. The summed E-state index contributed by atoms with van der Waals surface area (Å²) in [7, 11) is 0. The molecule has 0 radical (unpaired) electrons. The number of aliphatic hydroxyl groups is 1. The van der Waals surface area contributed by atoms with Crippen molar-refractivity contribution in [3.8, 4) is 11.5 Å². The van der Waals surface area contributed by atoms with Gasteiger partial charge >= 0.3 is 0 Å². The largest absolute Gasteiger partial charge is 0.488 e. The van der Waals surface area contributed by atoms with Gasteiger partial charge < -0.3 is 14.6 Å². The number of fused-ring (bicyclic) bond motifs is 1. The molecule has 0 aliphatic carbocycles. The van der Waals surface area contributed by atoms with E-state index in [0.29, 0.717) is 6.61 Å². The van der Waals surface area contributed by atoms with Gasteiger partial charge in [0.1, 0.15) is 23.7 Å². The summed E-state index contributed by atoms with van der Waals surface area (Å²) in [5.74, 6) is 1.89. The number of ether oxygens (including phenoxy) is 2. The fourth-order valence-electron chi connectivity index (χ4n) is 3.34. The Morgan fingerprint density at radius 2 is 1.79 bits per heavy atom. The predicted octanol–water partition coefficient (Wildman–Crippen LogP) is 4.27. The van der Waals surface area contributed by atoms with E-state index in [9.17, 15) is 5.11 Å². The summed E-state index contributed by atoms with van der Waals surface area (Å²) < 4.78 is 12.3. The molecular weight excluding hydrogens is 300 g/mol. The van der Waals surface area contributed by atoms with E-state index in [1.54, 1.807) is 0 Å². The van der Waals surface area contributed by atoms with E-state index in [4.69, 9.17) is 9.47 Å². The van der Waals surface area contributed by atoms with Crippen LogP contribution in [0.3, 0.4) is 0 Å². The molecule has 0 fully saturated rings. The van der Waals surface area contributed by atoms with Gasteiger partial charge in [0, 0.05) is 5.56 Å². The van der Waals surface area contributed by atoms with Crippen molar-refractivity contribution in [3.05, 3.63) is 58.1 Å². The molecule has 2 aromatic carbocycles. The topological polar surface area (TPSA) is 38.7 Å². The second kappa shape index (κ2) is 6.48. The summed E-state index contributed by atoms with van der Waals surface area (Å²) in [4.78, 5) is 0. The average Bonchev–Trinajstić information content (AvgIpc) is 2.60. The second-order valence-electron chi connectivity index (χ2n) is 7.00. The zero-order valence-electron chi connectivity index (χ0n) is 15.0. The Bertz CT molecular complexity index is 737. The summed E-state index contributed by atoms with van der Waals surface area (Å²) in [6.45, 7) is 8.84. The van der Waals surface area contributed by atoms with Crippen LogP contribution in [0.4, 0.5) is 0 Å². The van der Waals surface area contributed by atoms with Gasteiger partial charge in [-0.15, -0.1) is 0 Å². The average molecular weight is 326 g/mol. The van der Waals surface area contributed by atoms with Gasteiger partial charge in [-0.3, -0.25) is 0 Å². The number of rotatable bonds is 4. The van der Waals surface area contributed by atoms with Crippen LogP contribution in [0.1, 0.15) is 41.2 Å². The lowest BCUT2D eigenvalue weighted by Gasteiger charge is -2.37. The van der Waals surface area contributed by atoms with Crippen molar-refractivity contribution in [2.24, 2.45) is 0 Å². The smallest absolute Gasteiger partial charge is 0.129 e. The van der Waals surface area contributed by atoms with Crippen LogP contribution < -0.4 is 9.47 Å². The molecule has 3 heteroatoms. The van der Waals surface area contributed by atoms with E-state index in [1.165, 1.54) is 5.56 Å². The van der Waals surface area contributed by atoms with E-state index in [2.05, 4.69) is 32.9 Å². The molecule has 3 nitrogen and oxygen atoms in total. The molecule has 1 atom stereocenters. The molecule has 1 N–H and O–H groups in total. The highest BCUT2D eigenvalue weighted by Gasteiger charge is 2.34. The van der Waals surface area contributed by atoms with Crippen LogP contribution in [0.5, 0.6) is 11.5 Å². The maximum atomic E-state index is 9.62. The third kappa shape index (κ3) is 3.01. The van der Waals surface area contributed by atoms with Crippen molar-refractivity contribution in [1.29, 1.82) is 0 Å². The summed E-state index contributed by atoms with van der Waals surface area (Å²) in [5.41, 5.74) is 5.28. The highest BCUT2D eigenvalue weighted by Crippen LogP contribution is 2.43. The molecule has 0 amide bonds. The van der Waals surface area contributed by atoms with Crippen molar-refractivity contribution < 1.29 is 14.6 Å². The summed E-state index contributed by atoms with van der Waals surface area (Å²) in [5, 5.41) is 9.62. The highest BCUT2D eigenvalue weighted by molar-refractivity contribution is 5.59. The Morgan fingerprint density at radius 3 is 2.46 bits per heavy atom. The van der Waals surface area contributed by atoms with Gasteiger partial charge in [0.25, 0.3) is 0 Å². The number of hydrogen-bond donors (Lipinski definition) is 1. The third-order valence-electron chi connectivity index (χ3n) is 5.12. The van der Waals surface area contributed by atoms with Crippen LogP contribution in [-0.4, -0.2) is 17.3 Å². The highest BCUT2D eigenvalue weighted by atomic mass is 16.5. The monoisotopic (exact) mass is 326 g/mol. The van der Waals surface area contributed by atoms with E-state index < -0.39 is 5.60 Å². The SMILES string of the molecule is Cc1c(C)c2c(c(C)c1OCc1ccccc1)CCC(C)(CO)O2. The molecule has 24 heavy (non-hydrogen) atoms. The first-order chi connectivity index (χ1) is 11.4. The van der Waals surface area contributed by atoms with E-state index in [1.807, 2.05) is 25.1 Å². The lowest BCUT2D eigenvalue weighted by atomic mass is 9.87. The Labute approximate surface area is 144 Å². The lowest BCUT2D eigenvalue weighted by molar-refractivity contribution is 0.00716. The number of aliphatic hydroxyl groups excluding tert-OH is 1. The van der Waals surface area contributed by atoms with Crippen LogP contribution in [0.2, 0.25) is 0 Å². The Balaban J connectivity index is 1.94. The predicted molar refractivity (Wildman–Crippen MR) is 95.9 cm³/mol. The van der Waals surface area contributed by atoms with Gasteiger partial charge in [-0.05, 0) is 62.8 Å². The molecule has 1 heterocycles. The molecule has 2 aromatic rings. The minimum absolute atomic E-state index is 0.0379. The first-order valence-corrected chi connectivity index (χ1v) is 8.54. The molecule has 128 valence electrons. The fraction of sp³-hybridized carbons (Fsp3) is 0.429. The summed E-state index contributed by atoms with van der Waals surface area (Å²) in [6.07, 6.45) is 1.72. The van der Waals surface area contributed by atoms with E-state index in [0.717, 1.165) is 46.6 Å². The maximum Gasteiger partial charge on any atom is 0.129 e. The van der Waals surface area contributed by atoms with Crippen molar-refractivity contribution in [2.75, 3.05) is 6.61 Å². The molecule has 1 aliphatic heterocycles. The van der Waals surface area contributed by atoms with Crippen LogP contribution in [0, 0.1) is 20.8 Å². The quantitative estimate of drug-likeness (QED) is 0.912. The van der Waals surface area contributed by atoms with Crippen molar-refractivity contribution in [2.45, 2.75) is 52.7 Å². The first-order valence-electron chi connectivity index (χ1n) is 8.54. The van der Waals surface area contributed by atoms with Gasteiger partial charge in [-0.2, -0.15) is 0 Å². The molecule has 1 unspecified atom stereocenters. The molecule has 0 bridgehead atoms. The maximum absolute atomic E-state index is 9.62. The van der Waals surface area contributed by atoms with Crippen LogP contribution in [-0.2, 0) is 13.0 Å². The molecular formula is C21H26O3. The Morgan fingerprint density at radius 1 is 1.08 bits per heavy atom. The zero-order valence-corrected chi connectivity index (χ0v) is 15.0. The number of hydrogen-bond acceptors (Lipinski definition) is 3. The third-order valence-corrected chi connectivity index (χ3v) is 5.12. The normalized spacial score (nSPS) is 19.5. The molecule has 3 rings (SSSR count). The van der Waals surface area contributed by atoms with Gasteiger partial charge in [-0.1, -0.05) is 30.3 Å². The zero-order chi connectivity index (χ0) is 17.3. The minimum atomic E-state index is -0.483. The second-order valence-corrected chi connectivity index (χ2v) is 7.00. The Kier molecular flexibility index (Phi) is 4.55.